The Morgan fingerprint density at radius 2 is 2.00 bits per heavy atom. The number of aryl methyl sites for hydroxylation is 3. The summed E-state index contributed by atoms with van der Waals surface area (Å²) in [5.41, 5.74) is 1.75. The van der Waals surface area contributed by atoms with Gasteiger partial charge in [-0.2, -0.15) is 5.10 Å². The van der Waals surface area contributed by atoms with Crippen LogP contribution in [0.2, 0.25) is 5.15 Å². The summed E-state index contributed by atoms with van der Waals surface area (Å²) in [6, 6.07) is 0. The SMILES string of the molecule is CCCn1ccn(Cc2c(C)nn(C)c2Cl)c1=O. The lowest BCUT2D eigenvalue weighted by Gasteiger charge is -2.02. The van der Waals surface area contributed by atoms with E-state index in [0.29, 0.717) is 11.7 Å². The van der Waals surface area contributed by atoms with E-state index >= 15 is 0 Å². The predicted octanol–water partition coefficient (Wildman–Crippen LogP) is 1.80. The maximum absolute atomic E-state index is 12.0. The second kappa shape index (κ2) is 5.02. The number of nitrogens with zero attached hydrogens (tertiary/aromatic N) is 4. The van der Waals surface area contributed by atoms with Gasteiger partial charge in [-0.25, -0.2) is 4.79 Å². The zero-order chi connectivity index (χ0) is 13.3. The highest BCUT2D eigenvalue weighted by atomic mass is 35.5. The van der Waals surface area contributed by atoms with Crippen molar-refractivity contribution in [3.63, 3.8) is 0 Å². The molecule has 0 amide bonds. The van der Waals surface area contributed by atoms with E-state index in [0.717, 1.165) is 24.2 Å². The maximum Gasteiger partial charge on any atom is 0.328 e. The van der Waals surface area contributed by atoms with E-state index in [1.807, 2.05) is 20.0 Å². The third kappa shape index (κ3) is 2.22. The van der Waals surface area contributed by atoms with E-state index in [9.17, 15) is 4.79 Å². The van der Waals surface area contributed by atoms with Crippen LogP contribution in [0.5, 0.6) is 0 Å². The average Bonchev–Trinajstić information content (AvgIpc) is 2.78. The van der Waals surface area contributed by atoms with Gasteiger partial charge in [-0.1, -0.05) is 18.5 Å². The van der Waals surface area contributed by atoms with Gasteiger partial charge in [-0.15, -0.1) is 0 Å². The first kappa shape index (κ1) is 13.0. The van der Waals surface area contributed by atoms with Crippen LogP contribution in [0.1, 0.15) is 24.6 Å². The smallest absolute Gasteiger partial charge is 0.299 e. The van der Waals surface area contributed by atoms with Gasteiger partial charge in [0.1, 0.15) is 5.15 Å². The first-order valence-electron chi connectivity index (χ1n) is 5.98. The highest BCUT2D eigenvalue weighted by molar-refractivity contribution is 6.30. The minimum absolute atomic E-state index is 0.00355. The van der Waals surface area contributed by atoms with Crippen molar-refractivity contribution in [1.29, 1.82) is 0 Å². The Kier molecular flexibility index (Phi) is 3.61. The van der Waals surface area contributed by atoms with Gasteiger partial charge in [0.15, 0.2) is 0 Å². The molecule has 0 saturated heterocycles. The quantitative estimate of drug-likeness (QED) is 0.849. The molecule has 5 nitrogen and oxygen atoms in total. The molecule has 0 aliphatic heterocycles. The van der Waals surface area contributed by atoms with Crippen molar-refractivity contribution in [2.24, 2.45) is 7.05 Å². The number of aromatic nitrogens is 4. The monoisotopic (exact) mass is 268 g/mol. The Bertz CT molecular complexity index is 608. The molecule has 2 aromatic rings. The molecule has 2 rings (SSSR count). The Morgan fingerprint density at radius 1 is 1.33 bits per heavy atom. The molecule has 2 heterocycles. The third-order valence-corrected chi connectivity index (χ3v) is 3.45. The predicted molar refractivity (Wildman–Crippen MR) is 71.0 cm³/mol. The zero-order valence-corrected chi connectivity index (χ0v) is 11.6. The molecule has 0 aliphatic carbocycles. The third-order valence-electron chi connectivity index (χ3n) is 2.98. The van der Waals surface area contributed by atoms with Crippen molar-refractivity contribution in [3.8, 4) is 0 Å². The molecule has 98 valence electrons. The van der Waals surface area contributed by atoms with Crippen molar-refractivity contribution < 1.29 is 0 Å². The first-order valence-corrected chi connectivity index (χ1v) is 6.36. The van der Waals surface area contributed by atoms with Gasteiger partial charge in [0.05, 0.1) is 12.2 Å². The topological polar surface area (TPSA) is 44.8 Å². The van der Waals surface area contributed by atoms with Crippen LogP contribution in [0.4, 0.5) is 0 Å². The van der Waals surface area contributed by atoms with Crippen molar-refractivity contribution in [2.75, 3.05) is 0 Å². The molecule has 0 atom stereocenters. The molecule has 0 saturated carbocycles. The van der Waals surface area contributed by atoms with Crippen LogP contribution >= 0.6 is 11.6 Å². The van der Waals surface area contributed by atoms with Crippen molar-refractivity contribution in [3.05, 3.63) is 39.3 Å². The molecular formula is C12H17ClN4O. The minimum Gasteiger partial charge on any atom is -0.299 e. The Balaban J connectivity index is 2.32. The fourth-order valence-corrected chi connectivity index (χ4v) is 2.24. The fraction of sp³-hybridized carbons (Fsp3) is 0.500. The molecule has 2 aromatic heterocycles. The minimum atomic E-state index is -0.00355. The molecule has 0 aliphatic rings. The molecule has 0 bridgehead atoms. The summed E-state index contributed by atoms with van der Waals surface area (Å²) in [6.45, 7) is 5.15. The van der Waals surface area contributed by atoms with Gasteiger partial charge in [0.2, 0.25) is 0 Å². The van der Waals surface area contributed by atoms with E-state index in [2.05, 4.69) is 5.10 Å². The summed E-state index contributed by atoms with van der Waals surface area (Å²) >= 11 is 6.16. The number of hydrogen-bond donors (Lipinski definition) is 0. The van der Waals surface area contributed by atoms with E-state index in [-0.39, 0.29) is 5.69 Å². The van der Waals surface area contributed by atoms with Crippen LogP contribution in [0.15, 0.2) is 17.2 Å². The molecule has 0 unspecified atom stereocenters. The van der Waals surface area contributed by atoms with Gasteiger partial charge < -0.3 is 0 Å². The molecule has 6 heteroatoms. The standard InChI is InChI=1S/C12H17ClN4O/c1-4-5-16-6-7-17(12(16)18)8-10-9(2)14-15(3)11(10)13/h6-7H,4-5,8H2,1-3H3. The van der Waals surface area contributed by atoms with Crippen molar-refractivity contribution in [1.82, 2.24) is 18.9 Å². The summed E-state index contributed by atoms with van der Waals surface area (Å²) in [4.78, 5) is 12.0. The van der Waals surface area contributed by atoms with Crippen LogP contribution in [0.3, 0.4) is 0 Å². The summed E-state index contributed by atoms with van der Waals surface area (Å²) in [5.74, 6) is 0. The Hall–Kier alpha value is -1.49. The van der Waals surface area contributed by atoms with Crippen molar-refractivity contribution in [2.45, 2.75) is 33.4 Å². The highest BCUT2D eigenvalue weighted by Crippen LogP contribution is 2.19. The summed E-state index contributed by atoms with van der Waals surface area (Å²) < 4.78 is 4.99. The van der Waals surface area contributed by atoms with Crippen LogP contribution in [0, 0.1) is 6.92 Å². The second-order valence-electron chi connectivity index (χ2n) is 4.38. The Labute approximate surface area is 111 Å². The van der Waals surface area contributed by atoms with Gasteiger partial charge >= 0.3 is 5.69 Å². The van der Waals surface area contributed by atoms with Gasteiger partial charge in [0.25, 0.3) is 0 Å². The zero-order valence-electron chi connectivity index (χ0n) is 10.9. The first-order chi connectivity index (χ1) is 8.54. The van der Waals surface area contributed by atoms with Crippen LogP contribution in [-0.2, 0) is 20.1 Å². The highest BCUT2D eigenvalue weighted by Gasteiger charge is 2.13. The second-order valence-corrected chi connectivity index (χ2v) is 4.74. The molecule has 0 N–H and O–H groups in total. The fourth-order valence-electron chi connectivity index (χ4n) is 2.01. The number of halogens is 1. The number of hydrogen-bond acceptors (Lipinski definition) is 2. The lowest BCUT2D eigenvalue weighted by atomic mass is 10.2. The molecule has 0 spiro atoms. The molecule has 0 aromatic carbocycles. The van der Waals surface area contributed by atoms with E-state index in [1.54, 1.807) is 27.1 Å². The summed E-state index contributed by atoms with van der Waals surface area (Å²) in [6.07, 6.45) is 4.54. The number of imidazole rings is 1. The molecular weight excluding hydrogens is 252 g/mol. The van der Waals surface area contributed by atoms with Gasteiger partial charge in [0, 0.05) is 31.5 Å². The summed E-state index contributed by atoms with van der Waals surface area (Å²) in [5, 5.41) is 4.83. The average molecular weight is 269 g/mol. The van der Waals surface area contributed by atoms with Gasteiger partial charge in [-0.05, 0) is 13.3 Å². The normalized spacial score (nSPS) is 11.1. The lowest BCUT2D eigenvalue weighted by molar-refractivity contribution is 0.623. The van der Waals surface area contributed by atoms with Crippen LogP contribution in [0.25, 0.3) is 0 Å². The van der Waals surface area contributed by atoms with E-state index < -0.39 is 0 Å². The van der Waals surface area contributed by atoms with Crippen molar-refractivity contribution >= 4 is 11.6 Å². The van der Waals surface area contributed by atoms with Crippen LogP contribution in [-0.4, -0.2) is 18.9 Å². The van der Waals surface area contributed by atoms with E-state index in [4.69, 9.17) is 11.6 Å². The Morgan fingerprint density at radius 3 is 2.56 bits per heavy atom. The molecule has 0 radical (unpaired) electrons. The maximum atomic E-state index is 12.0. The van der Waals surface area contributed by atoms with E-state index in [1.165, 1.54) is 0 Å². The summed E-state index contributed by atoms with van der Waals surface area (Å²) in [7, 11) is 1.80. The number of rotatable bonds is 4. The molecule has 0 fully saturated rings. The van der Waals surface area contributed by atoms with Gasteiger partial charge in [-0.3, -0.25) is 13.8 Å². The molecule has 18 heavy (non-hydrogen) atoms. The van der Waals surface area contributed by atoms with Crippen LogP contribution < -0.4 is 5.69 Å². The largest absolute Gasteiger partial charge is 0.328 e. The lowest BCUT2D eigenvalue weighted by Crippen LogP contribution is -2.24.